The quantitative estimate of drug-likeness (QED) is 0.846. The van der Waals surface area contributed by atoms with Crippen LogP contribution < -0.4 is 10.6 Å². The molecule has 0 radical (unpaired) electrons. The second-order valence-electron chi connectivity index (χ2n) is 6.49. The summed E-state index contributed by atoms with van der Waals surface area (Å²) in [5.41, 5.74) is 0.963. The van der Waals surface area contributed by atoms with Gasteiger partial charge in [-0.2, -0.15) is 5.10 Å². The number of aryl methyl sites for hydroxylation is 1. The maximum atomic E-state index is 12.2. The van der Waals surface area contributed by atoms with E-state index in [0.29, 0.717) is 6.61 Å². The molecule has 0 fully saturated rings. The van der Waals surface area contributed by atoms with Crippen LogP contribution in [0.5, 0.6) is 0 Å². The Morgan fingerprint density at radius 2 is 2.10 bits per heavy atom. The molecule has 21 heavy (non-hydrogen) atoms. The summed E-state index contributed by atoms with van der Waals surface area (Å²) >= 11 is 0. The minimum Gasteiger partial charge on any atom is -0.385 e. The van der Waals surface area contributed by atoms with Crippen molar-refractivity contribution in [1.29, 1.82) is 0 Å². The molecule has 2 amide bonds. The number of nitrogens with one attached hydrogen (secondary N) is 2. The first kappa shape index (κ1) is 17.5. The Hall–Kier alpha value is -1.56. The van der Waals surface area contributed by atoms with E-state index < -0.39 is 0 Å². The number of carbonyl (C=O) groups excluding carboxylic acids is 1. The van der Waals surface area contributed by atoms with Crippen molar-refractivity contribution in [2.24, 2.45) is 12.5 Å². The third-order valence-electron chi connectivity index (χ3n) is 3.53. The summed E-state index contributed by atoms with van der Waals surface area (Å²) < 4.78 is 6.84. The number of carbonyl (C=O) groups is 1. The molecule has 2 N–H and O–H groups in total. The molecule has 0 spiro atoms. The van der Waals surface area contributed by atoms with Crippen LogP contribution in [0.4, 0.5) is 4.79 Å². The highest BCUT2D eigenvalue weighted by molar-refractivity contribution is 5.74. The van der Waals surface area contributed by atoms with Gasteiger partial charge in [0.2, 0.25) is 0 Å². The minimum absolute atomic E-state index is 0.0204. The molecule has 0 aromatic carbocycles. The van der Waals surface area contributed by atoms with Gasteiger partial charge in [0.15, 0.2) is 0 Å². The summed E-state index contributed by atoms with van der Waals surface area (Å²) in [6.45, 7) is 8.90. The first-order valence-electron chi connectivity index (χ1n) is 7.28. The third-order valence-corrected chi connectivity index (χ3v) is 3.53. The highest BCUT2D eigenvalue weighted by Gasteiger charge is 2.26. The molecule has 0 saturated heterocycles. The number of rotatable bonds is 6. The normalized spacial score (nSPS) is 14.6. The number of urea groups is 1. The first-order valence-corrected chi connectivity index (χ1v) is 7.28. The Morgan fingerprint density at radius 3 is 2.57 bits per heavy atom. The summed E-state index contributed by atoms with van der Waals surface area (Å²) in [4.78, 5) is 12.2. The molecule has 1 aromatic rings. The molecule has 0 aliphatic heterocycles. The molecular weight excluding hydrogens is 268 g/mol. The predicted molar refractivity (Wildman–Crippen MR) is 83.0 cm³/mol. The lowest BCUT2D eigenvalue weighted by atomic mass is 9.85. The number of methoxy groups -OCH3 is 1. The molecule has 1 aromatic heterocycles. The molecular formula is C15H28N4O2. The fourth-order valence-electron chi connectivity index (χ4n) is 2.10. The summed E-state index contributed by atoms with van der Waals surface area (Å²) in [6.07, 6.45) is 4.45. The Kier molecular flexibility index (Phi) is 6.20. The lowest BCUT2D eigenvalue weighted by molar-refractivity contribution is 0.152. The van der Waals surface area contributed by atoms with Crippen molar-refractivity contribution in [3.8, 4) is 0 Å². The summed E-state index contributed by atoms with van der Waals surface area (Å²) in [6, 6.07) is -0.192. The summed E-state index contributed by atoms with van der Waals surface area (Å²) in [7, 11) is 3.53. The number of nitrogens with zero attached hydrogens (tertiary/aromatic N) is 2. The van der Waals surface area contributed by atoms with E-state index in [2.05, 4.69) is 36.5 Å². The smallest absolute Gasteiger partial charge is 0.315 e. The largest absolute Gasteiger partial charge is 0.385 e. The van der Waals surface area contributed by atoms with E-state index >= 15 is 0 Å². The molecule has 120 valence electrons. The zero-order valence-electron chi connectivity index (χ0n) is 13.9. The van der Waals surface area contributed by atoms with Gasteiger partial charge in [0.05, 0.1) is 12.2 Å². The number of amides is 2. The monoisotopic (exact) mass is 296 g/mol. The fraction of sp³-hybridized carbons (Fsp3) is 0.733. The fourth-order valence-corrected chi connectivity index (χ4v) is 2.10. The van der Waals surface area contributed by atoms with Crippen molar-refractivity contribution in [1.82, 2.24) is 20.4 Å². The van der Waals surface area contributed by atoms with E-state index in [1.54, 1.807) is 18.0 Å². The second kappa shape index (κ2) is 7.45. The van der Waals surface area contributed by atoms with Gasteiger partial charge < -0.3 is 15.4 Å². The van der Waals surface area contributed by atoms with E-state index in [0.717, 1.165) is 12.0 Å². The van der Waals surface area contributed by atoms with Crippen molar-refractivity contribution in [2.45, 2.75) is 46.2 Å². The van der Waals surface area contributed by atoms with Gasteiger partial charge in [-0.1, -0.05) is 20.8 Å². The lowest BCUT2D eigenvalue weighted by Crippen LogP contribution is -2.48. The van der Waals surface area contributed by atoms with Crippen LogP contribution >= 0.6 is 0 Å². The van der Waals surface area contributed by atoms with Crippen LogP contribution in [0, 0.1) is 5.41 Å². The van der Waals surface area contributed by atoms with Crippen molar-refractivity contribution < 1.29 is 9.53 Å². The van der Waals surface area contributed by atoms with Crippen LogP contribution in [0.15, 0.2) is 12.4 Å². The Balaban J connectivity index is 2.57. The van der Waals surface area contributed by atoms with Crippen molar-refractivity contribution >= 4 is 6.03 Å². The van der Waals surface area contributed by atoms with Crippen LogP contribution in [0.3, 0.4) is 0 Å². The Bertz CT molecular complexity index is 451. The molecule has 0 saturated carbocycles. The zero-order chi connectivity index (χ0) is 16.0. The summed E-state index contributed by atoms with van der Waals surface area (Å²) in [5, 5.41) is 10.1. The number of hydrogen-bond donors (Lipinski definition) is 2. The molecule has 6 nitrogen and oxygen atoms in total. The maximum Gasteiger partial charge on any atom is 0.315 e. The van der Waals surface area contributed by atoms with Crippen LogP contribution in [0.2, 0.25) is 0 Å². The molecule has 2 atom stereocenters. The van der Waals surface area contributed by atoms with Gasteiger partial charge in [-0.05, 0) is 18.8 Å². The maximum absolute atomic E-state index is 12.2. The average molecular weight is 296 g/mol. The van der Waals surface area contributed by atoms with Gasteiger partial charge in [-0.3, -0.25) is 4.68 Å². The van der Waals surface area contributed by atoms with Gasteiger partial charge in [0, 0.05) is 38.6 Å². The SMILES string of the molecule is COCCC(NC(=O)NC(C)c1cnn(C)c1)C(C)(C)C. The van der Waals surface area contributed by atoms with Crippen LogP contribution in [0.1, 0.15) is 45.7 Å². The Labute approximate surface area is 127 Å². The molecule has 6 heteroatoms. The minimum atomic E-state index is -0.164. The van der Waals surface area contributed by atoms with Gasteiger partial charge in [-0.25, -0.2) is 4.79 Å². The van der Waals surface area contributed by atoms with E-state index in [1.165, 1.54) is 0 Å². The van der Waals surface area contributed by atoms with Gasteiger partial charge >= 0.3 is 6.03 Å². The van der Waals surface area contributed by atoms with Crippen molar-refractivity contribution in [2.75, 3.05) is 13.7 Å². The van der Waals surface area contributed by atoms with Gasteiger partial charge in [0.1, 0.15) is 0 Å². The third kappa shape index (κ3) is 5.75. The van der Waals surface area contributed by atoms with Gasteiger partial charge in [0.25, 0.3) is 0 Å². The van der Waals surface area contributed by atoms with Crippen LogP contribution in [-0.2, 0) is 11.8 Å². The van der Waals surface area contributed by atoms with E-state index in [-0.39, 0.29) is 23.5 Å². The van der Waals surface area contributed by atoms with Gasteiger partial charge in [-0.15, -0.1) is 0 Å². The number of aromatic nitrogens is 2. The Morgan fingerprint density at radius 1 is 1.43 bits per heavy atom. The molecule has 0 aliphatic carbocycles. The molecule has 1 heterocycles. The highest BCUT2D eigenvalue weighted by atomic mass is 16.5. The van der Waals surface area contributed by atoms with E-state index in [9.17, 15) is 4.79 Å². The predicted octanol–water partition coefficient (Wildman–Crippen LogP) is 2.23. The van der Waals surface area contributed by atoms with E-state index in [1.807, 2.05) is 20.2 Å². The van der Waals surface area contributed by atoms with Crippen molar-refractivity contribution in [3.05, 3.63) is 18.0 Å². The van der Waals surface area contributed by atoms with E-state index in [4.69, 9.17) is 4.74 Å². The molecule has 0 bridgehead atoms. The molecule has 0 aliphatic rings. The average Bonchev–Trinajstić information content (AvgIpc) is 2.79. The topological polar surface area (TPSA) is 68.2 Å². The highest BCUT2D eigenvalue weighted by Crippen LogP contribution is 2.22. The van der Waals surface area contributed by atoms with Crippen molar-refractivity contribution in [3.63, 3.8) is 0 Å². The zero-order valence-corrected chi connectivity index (χ0v) is 13.9. The summed E-state index contributed by atoms with van der Waals surface area (Å²) in [5.74, 6) is 0. The van der Waals surface area contributed by atoms with Crippen LogP contribution in [0.25, 0.3) is 0 Å². The second-order valence-corrected chi connectivity index (χ2v) is 6.49. The standard InChI is InChI=1S/C15H28N4O2/c1-11(12-9-16-19(5)10-12)17-14(20)18-13(7-8-21-6)15(2,3)4/h9-11,13H,7-8H2,1-6H3,(H2,17,18,20). The first-order chi connectivity index (χ1) is 9.74. The molecule has 2 unspecified atom stereocenters. The van der Waals surface area contributed by atoms with Crippen LogP contribution in [-0.4, -0.2) is 35.6 Å². The number of ether oxygens (including phenoxy) is 1. The number of hydrogen-bond acceptors (Lipinski definition) is 3. The molecule has 1 rings (SSSR count). The lowest BCUT2D eigenvalue weighted by Gasteiger charge is -2.31.